The van der Waals surface area contributed by atoms with E-state index in [9.17, 15) is 5.11 Å². The molecule has 1 heterocycles. The summed E-state index contributed by atoms with van der Waals surface area (Å²) >= 11 is 0. The van der Waals surface area contributed by atoms with Crippen LogP contribution in [-0.2, 0) is 16.8 Å². The molecule has 0 spiro atoms. The Bertz CT molecular complexity index is 536. The quantitative estimate of drug-likeness (QED) is 0.880. The third-order valence-corrected chi connectivity index (χ3v) is 3.36. The van der Waals surface area contributed by atoms with E-state index in [2.05, 4.69) is 18.9 Å². The van der Waals surface area contributed by atoms with Crippen molar-refractivity contribution in [1.82, 2.24) is 9.78 Å². The Morgan fingerprint density at radius 1 is 1.25 bits per heavy atom. The molecule has 0 amide bonds. The number of nitrogens with zero attached hydrogens (tertiary/aromatic N) is 2. The van der Waals surface area contributed by atoms with Gasteiger partial charge in [-0.1, -0.05) is 30.3 Å². The predicted octanol–water partition coefficient (Wildman–Crippen LogP) is 2.54. The summed E-state index contributed by atoms with van der Waals surface area (Å²) in [4.78, 5) is 0. The van der Waals surface area contributed by atoms with Crippen molar-refractivity contribution in [2.45, 2.75) is 31.9 Å². The molecule has 4 nitrogen and oxygen atoms in total. The fourth-order valence-electron chi connectivity index (χ4n) is 2.28. The van der Waals surface area contributed by atoms with Crippen molar-refractivity contribution in [2.24, 2.45) is 0 Å². The lowest BCUT2D eigenvalue weighted by atomic mass is 9.90. The van der Waals surface area contributed by atoms with Crippen molar-refractivity contribution in [3.63, 3.8) is 0 Å². The third-order valence-electron chi connectivity index (χ3n) is 3.36. The summed E-state index contributed by atoms with van der Waals surface area (Å²) in [5.74, 6) is 0. The SMILES string of the molecule is COCC(O)(Cc1ccn(C(C)C)n1)c1ccccc1. The summed E-state index contributed by atoms with van der Waals surface area (Å²) < 4.78 is 7.10. The highest BCUT2D eigenvalue weighted by atomic mass is 16.5. The first-order valence-corrected chi connectivity index (χ1v) is 6.86. The maximum atomic E-state index is 10.9. The van der Waals surface area contributed by atoms with E-state index in [0.29, 0.717) is 12.5 Å². The largest absolute Gasteiger partial charge is 0.382 e. The van der Waals surface area contributed by atoms with E-state index >= 15 is 0 Å². The number of aliphatic hydroxyl groups is 1. The number of hydrogen-bond acceptors (Lipinski definition) is 3. The topological polar surface area (TPSA) is 47.3 Å². The molecule has 0 radical (unpaired) electrons. The van der Waals surface area contributed by atoms with Crippen LogP contribution in [0.4, 0.5) is 0 Å². The molecule has 108 valence electrons. The highest BCUT2D eigenvalue weighted by Gasteiger charge is 2.30. The molecule has 1 atom stereocenters. The van der Waals surface area contributed by atoms with E-state index in [4.69, 9.17) is 4.74 Å². The molecular formula is C16H22N2O2. The Labute approximate surface area is 120 Å². The van der Waals surface area contributed by atoms with Gasteiger partial charge < -0.3 is 9.84 Å². The minimum Gasteiger partial charge on any atom is -0.382 e. The molecule has 0 aliphatic rings. The number of benzene rings is 1. The maximum Gasteiger partial charge on any atom is 0.118 e. The number of rotatable bonds is 6. The molecule has 0 saturated carbocycles. The molecule has 2 aromatic rings. The lowest BCUT2D eigenvalue weighted by Crippen LogP contribution is -2.34. The first kappa shape index (κ1) is 14.8. The summed E-state index contributed by atoms with van der Waals surface area (Å²) in [6.45, 7) is 4.40. The first-order valence-electron chi connectivity index (χ1n) is 6.86. The Morgan fingerprint density at radius 3 is 2.50 bits per heavy atom. The van der Waals surface area contributed by atoms with Crippen LogP contribution in [0.15, 0.2) is 42.6 Å². The summed E-state index contributed by atoms with van der Waals surface area (Å²) in [6, 6.07) is 11.9. The lowest BCUT2D eigenvalue weighted by Gasteiger charge is -2.27. The monoisotopic (exact) mass is 274 g/mol. The van der Waals surface area contributed by atoms with Gasteiger partial charge in [-0.3, -0.25) is 4.68 Å². The number of aromatic nitrogens is 2. The van der Waals surface area contributed by atoms with Gasteiger partial charge in [0.2, 0.25) is 0 Å². The van der Waals surface area contributed by atoms with Crippen LogP contribution in [0.2, 0.25) is 0 Å². The fourth-order valence-corrected chi connectivity index (χ4v) is 2.28. The second-order valence-electron chi connectivity index (χ2n) is 5.39. The lowest BCUT2D eigenvalue weighted by molar-refractivity contribution is -0.0362. The fraction of sp³-hybridized carbons (Fsp3) is 0.438. The van der Waals surface area contributed by atoms with Gasteiger partial charge in [-0.15, -0.1) is 0 Å². The van der Waals surface area contributed by atoms with Gasteiger partial charge in [-0.05, 0) is 25.5 Å². The molecule has 1 unspecified atom stereocenters. The van der Waals surface area contributed by atoms with Crippen LogP contribution in [0.5, 0.6) is 0 Å². The van der Waals surface area contributed by atoms with Gasteiger partial charge in [0, 0.05) is 25.8 Å². The Hall–Kier alpha value is -1.65. The second kappa shape index (κ2) is 6.20. The smallest absolute Gasteiger partial charge is 0.118 e. The number of ether oxygens (including phenoxy) is 1. The predicted molar refractivity (Wildman–Crippen MR) is 78.5 cm³/mol. The molecule has 0 bridgehead atoms. The van der Waals surface area contributed by atoms with Crippen LogP contribution < -0.4 is 0 Å². The van der Waals surface area contributed by atoms with Crippen molar-refractivity contribution in [2.75, 3.05) is 13.7 Å². The van der Waals surface area contributed by atoms with Crippen molar-refractivity contribution in [1.29, 1.82) is 0 Å². The number of hydrogen-bond donors (Lipinski definition) is 1. The van der Waals surface area contributed by atoms with Gasteiger partial charge in [0.25, 0.3) is 0 Å². The van der Waals surface area contributed by atoms with E-state index < -0.39 is 5.60 Å². The maximum absolute atomic E-state index is 10.9. The van der Waals surface area contributed by atoms with Crippen molar-refractivity contribution < 1.29 is 9.84 Å². The first-order chi connectivity index (χ1) is 9.55. The second-order valence-corrected chi connectivity index (χ2v) is 5.39. The summed E-state index contributed by atoms with van der Waals surface area (Å²) in [7, 11) is 1.60. The molecular weight excluding hydrogens is 252 g/mol. The van der Waals surface area contributed by atoms with Gasteiger partial charge in [0.1, 0.15) is 5.60 Å². The zero-order valence-electron chi connectivity index (χ0n) is 12.3. The van der Waals surface area contributed by atoms with Gasteiger partial charge in [0.05, 0.1) is 12.3 Å². The average Bonchev–Trinajstić information content (AvgIpc) is 2.88. The van der Waals surface area contributed by atoms with E-state index in [1.54, 1.807) is 7.11 Å². The average molecular weight is 274 g/mol. The van der Waals surface area contributed by atoms with Crippen LogP contribution in [0, 0.1) is 0 Å². The highest BCUT2D eigenvalue weighted by Crippen LogP contribution is 2.25. The molecule has 0 aliphatic carbocycles. The molecule has 0 aliphatic heterocycles. The van der Waals surface area contributed by atoms with Crippen LogP contribution in [0.3, 0.4) is 0 Å². The Morgan fingerprint density at radius 2 is 1.95 bits per heavy atom. The Kier molecular flexibility index (Phi) is 4.57. The van der Waals surface area contributed by atoms with E-state index in [0.717, 1.165) is 11.3 Å². The van der Waals surface area contributed by atoms with E-state index in [-0.39, 0.29) is 6.61 Å². The van der Waals surface area contributed by atoms with Crippen LogP contribution in [0.25, 0.3) is 0 Å². The molecule has 2 rings (SSSR count). The Balaban J connectivity index is 2.24. The van der Waals surface area contributed by atoms with E-state index in [1.807, 2.05) is 47.3 Å². The summed E-state index contributed by atoms with van der Waals surface area (Å²) in [5, 5.41) is 15.4. The van der Waals surface area contributed by atoms with Gasteiger partial charge >= 0.3 is 0 Å². The molecule has 1 aromatic carbocycles. The number of methoxy groups -OCH3 is 1. The van der Waals surface area contributed by atoms with Crippen molar-refractivity contribution in [3.8, 4) is 0 Å². The van der Waals surface area contributed by atoms with Crippen LogP contribution in [-0.4, -0.2) is 28.6 Å². The minimum absolute atomic E-state index is 0.242. The van der Waals surface area contributed by atoms with Crippen molar-refractivity contribution in [3.05, 3.63) is 53.9 Å². The molecule has 4 heteroatoms. The standard InChI is InChI=1S/C16H22N2O2/c1-13(2)18-10-9-15(17-18)11-16(19,12-20-3)14-7-5-4-6-8-14/h4-10,13,19H,11-12H2,1-3H3. The van der Waals surface area contributed by atoms with Crippen molar-refractivity contribution >= 4 is 0 Å². The van der Waals surface area contributed by atoms with Crippen LogP contribution in [0.1, 0.15) is 31.1 Å². The summed E-state index contributed by atoms with van der Waals surface area (Å²) in [6.07, 6.45) is 2.38. The van der Waals surface area contributed by atoms with Crippen LogP contribution >= 0.6 is 0 Å². The molecule has 1 N–H and O–H groups in total. The summed E-state index contributed by atoms with van der Waals surface area (Å²) in [5.41, 5.74) is 0.662. The normalized spacial score (nSPS) is 14.4. The third kappa shape index (κ3) is 3.26. The molecule has 20 heavy (non-hydrogen) atoms. The highest BCUT2D eigenvalue weighted by molar-refractivity contribution is 5.24. The molecule has 0 saturated heterocycles. The van der Waals surface area contributed by atoms with Gasteiger partial charge in [0.15, 0.2) is 0 Å². The zero-order valence-corrected chi connectivity index (χ0v) is 12.3. The molecule has 0 fully saturated rings. The molecule has 1 aromatic heterocycles. The van der Waals surface area contributed by atoms with Gasteiger partial charge in [-0.25, -0.2) is 0 Å². The minimum atomic E-state index is -1.05. The van der Waals surface area contributed by atoms with E-state index in [1.165, 1.54) is 0 Å². The van der Waals surface area contributed by atoms with Gasteiger partial charge in [-0.2, -0.15) is 5.10 Å². The zero-order chi connectivity index (χ0) is 14.6.